The molecule has 0 aliphatic rings. The van der Waals surface area contributed by atoms with Gasteiger partial charge in [0, 0.05) is 42.5 Å². The molecule has 0 aromatic heterocycles. The van der Waals surface area contributed by atoms with Gasteiger partial charge in [-0.25, -0.2) is 0 Å². The van der Waals surface area contributed by atoms with Crippen LogP contribution in [0.2, 0.25) is 0 Å². The third-order valence-corrected chi connectivity index (χ3v) is 4.67. The van der Waals surface area contributed by atoms with Crippen molar-refractivity contribution in [3.63, 3.8) is 0 Å². The number of benzene rings is 2. The van der Waals surface area contributed by atoms with Crippen LogP contribution in [0.25, 0.3) is 0 Å². The summed E-state index contributed by atoms with van der Waals surface area (Å²) in [5.41, 5.74) is 1.13. The maximum atomic E-state index is 12.4. The van der Waals surface area contributed by atoms with Crippen molar-refractivity contribution in [3.05, 3.63) is 48.0 Å². The SMILES string of the molecule is C=NN(CC)CCNSc1ccc(NC(=O)c2ccc(O)c(NC=O)c2)cc1. The van der Waals surface area contributed by atoms with Crippen LogP contribution in [0.4, 0.5) is 11.4 Å². The number of hydrogen-bond acceptors (Lipinski definition) is 7. The quantitative estimate of drug-likeness (QED) is 0.115. The molecule has 9 heteroatoms. The monoisotopic (exact) mass is 401 g/mol. The Morgan fingerprint density at radius 1 is 1.29 bits per heavy atom. The van der Waals surface area contributed by atoms with E-state index >= 15 is 0 Å². The molecule has 28 heavy (non-hydrogen) atoms. The standard InChI is InChI=1S/C19H23N5O3S/c1-3-24(20-2)11-10-22-28-16-7-5-15(6-8-16)23-19(27)14-4-9-18(26)17(12-14)21-13-25/h4-9,12-13,22,26H,2-3,10-11H2,1H3,(H,21,25)(H,23,27). The van der Waals surface area contributed by atoms with Gasteiger partial charge in [0.05, 0.1) is 5.69 Å². The summed E-state index contributed by atoms with van der Waals surface area (Å²) in [6.07, 6.45) is 0.439. The number of phenols is 1. The first-order chi connectivity index (χ1) is 13.6. The Labute approximate surface area is 168 Å². The summed E-state index contributed by atoms with van der Waals surface area (Å²) in [7, 11) is 0. The molecule has 0 bridgehead atoms. The van der Waals surface area contributed by atoms with Gasteiger partial charge in [-0.2, -0.15) is 5.10 Å². The Bertz CT molecular complexity index is 814. The molecule has 0 spiro atoms. The van der Waals surface area contributed by atoms with Crippen molar-refractivity contribution in [2.75, 3.05) is 30.3 Å². The van der Waals surface area contributed by atoms with Crippen LogP contribution in [0.5, 0.6) is 5.75 Å². The van der Waals surface area contributed by atoms with Gasteiger partial charge in [0.2, 0.25) is 6.41 Å². The molecule has 8 nitrogen and oxygen atoms in total. The van der Waals surface area contributed by atoms with E-state index in [4.69, 9.17) is 0 Å². The van der Waals surface area contributed by atoms with E-state index in [0.29, 0.717) is 17.7 Å². The molecule has 2 aromatic rings. The highest BCUT2D eigenvalue weighted by Gasteiger charge is 2.10. The van der Waals surface area contributed by atoms with Crippen LogP contribution in [0, 0.1) is 0 Å². The number of likely N-dealkylation sites (N-methyl/N-ethyl adjacent to an activating group) is 1. The molecule has 0 radical (unpaired) electrons. The molecule has 0 fully saturated rings. The van der Waals surface area contributed by atoms with Gasteiger partial charge < -0.3 is 15.7 Å². The normalized spacial score (nSPS) is 10.2. The molecule has 0 unspecified atom stereocenters. The fourth-order valence-corrected chi connectivity index (χ4v) is 2.94. The van der Waals surface area contributed by atoms with Gasteiger partial charge in [-0.15, -0.1) is 0 Å². The lowest BCUT2D eigenvalue weighted by molar-refractivity contribution is -0.105. The maximum absolute atomic E-state index is 12.4. The molecular weight excluding hydrogens is 378 g/mol. The number of nitrogens with zero attached hydrogens (tertiary/aromatic N) is 2. The predicted octanol–water partition coefficient (Wildman–Crippen LogP) is 2.75. The second-order valence-electron chi connectivity index (χ2n) is 5.66. The number of hydrazone groups is 1. The molecule has 2 aromatic carbocycles. The fraction of sp³-hybridized carbons (Fsp3) is 0.211. The zero-order valence-corrected chi connectivity index (χ0v) is 16.3. The number of carbonyl (C=O) groups is 2. The van der Waals surface area contributed by atoms with Gasteiger partial charge in [-0.3, -0.25) is 19.3 Å². The lowest BCUT2D eigenvalue weighted by atomic mass is 10.1. The predicted molar refractivity (Wildman–Crippen MR) is 113 cm³/mol. The van der Waals surface area contributed by atoms with E-state index in [2.05, 4.69) is 27.2 Å². The van der Waals surface area contributed by atoms with Gasteiger partial charge >= 0.3 is 0 Å². The number of carbonyl (C=O) groups excluding carboxylic acids is 2. The highest BCUT2D eigenvalue weighted by molar-refractivity contribution is 7.97. The van der Waals surface area contributed by atoms with Crippen LogP contribution in [0.3, 0.4) is 0 Å². The molecule has 0 saturated carbocycles. The van der Waals surface area contributed by atoms with E-state index in [-0.39, 0.29) is 17.3 Å². The summed E-state index contributed by atoms with van der Waals surface area (Å²) in [6, 6.07) is 11.6. The molecule has 0 aliphatic carbocycles. The van der Waals surface area contributed by atoms with E-state index in [1.54, 1.807) is 12.1 Å². The minimum Gasteiger partial charge on any atom is -0.506 e. The third-order valence-electron chi connectivity index (χ3n) is 3.81. The van der Waals surface area contributed by atoms with Crippen LogP contribution < -0.4 is 15.4 Å². The number of rotatable bonds is 11. The largest absolute Gasteiger partial charge is 0.506 e. The first-order valence-electron chi connectivity index (χ1n) is 8.63. The minimum atomic E-state index is -0.343. The summed E-state index contributed by atoms with van der Waals surface area (Å²) in [5, 5.41) is 20.5. The highest BCUT2D eigenvalue weighted by atomic mass is 32.2. The Kier molecular flexibility index (Phi) is 8.32. The van der Waals surface area contributed by atoms with Crippen LogP contribution in [0.1, 0.15) is 17.3 Å². The van der Waals surface area contributed by atoms with Crippen molar-refractivity contribution in [2.24, 2.45) is 5.10 Å². The first-order valence-corrected chi connectivity index (χ1v) is 9.45. The van der Waals surface area contributed by atoms with Crippen molar-refractivity contribution in [1.29, 1.82) is 0 Å². The number of amides is 2. The zero-order chi connectivity index (χ0) is 20.4. The number of nitrogens with one attached hydrogen (secondary N) is 3. The smallest absolute Gasteiger partial charge is 0.255 e. The maximum Gasteiger partial charge on any atom is 0.255 e. The molecule has 2 amide bonds. The van der Waals surface area contributed by atoms with E-state index in [1.807, 2.05) is 24.1 Å². The molecule has 0 atom stereocenters. The lowest BCUT2D eigenvalue weighted by Gasteiger charge is -2.15. The lowest BCUT2D eigenvalue weighted by Crippen LogP contribution is -2.25. The number of hydrogen-bond donors (Lipinski definition) is 4. The molecule has 148 valence electrons. The van der Waals surface area contributed by atoms with Crippen LogP contribution in [-0.4, -0.2) is 48.8 Å². The molecule has 0 saturated heterocycles. The molecule has 4 N–H and O–H groups in total. The average molecular weight is 401 g/mol. The van der Waals surface area contributed by atoms with Gasteiger partial charge in [-0.1, -0.05) is 0 Å². The van der Waals surface area contributed by atoms with Crippen molar-refractivity contribution in [3.8, 4) is 5.75 Å². The molecule has 2 rings (SSSR count). The van der Waals surface area contributed by atoms with E-state index in [1.165, 1.54) is 30.1 Å². The topological polar surface area (TPSA) is 106 Å². The zero-order valence-electron chi connectivity index (χ0n) is 15.5. The van der Waals surface area contributed by atoms with Crippen molar-refractivity contribution in [2.45, 2.75) is 11.8 Å². The Balaban J connectivity index is 1.88. The van der Waals surface area contributed by atoms with E-state index < -0.39 is 0 Å². The summed E-state index contributed by atoms with van der Waals surface area (Å²) < 4.78 is 3.25. The van der Waals surface area contributed by atoms with E-state index in [0.717, 1.165) is 24.5 Å². The van der Waals surface area contributed by atoms with Crippen LogP contribution in [-0.2, 0) is 4.79 Å². The summed E-state index contributed by atoms with van der Waals surface area (Å²) in [4.78, 5) is 23.9. The second-order valence-corrected chi connectivity index (χ2v) is 6.62. The average Bonchev–Trinajstić information content (AvgIpc) is 2.71. The molecule has 0 heterocycles. The molecule has 0 aliphatic heterocycles. The van der Waals surface area contributed by atoms with Gasteiger partial charge in [0.25, 0.3) is 5.91 Å². The van der Waals surface area contributed by atoms with Crippen molar-refractivity contribution < 1.29 is 14.7 Å². The Morgan fingerprint density at radius 3 is 2.68 bits per heavy atom. The Hall–Kier alpha value is -3.04. The second kappa shape index (κ2) is 11.0. The first kappa shape index (κ1) is 21.3. The van der Waals surface area contributed by atoms with Gasteiger partial charge in [0.1, 0.15) is 5.75 Å². The van der Waals surface area contributed by atoms with Crippen molar-refractivity contribution >= 4 is 42.4 Å². The minimum absolute atomic E-state index is 0.108. The Morgan fingerprint density at radius 2 is 2.04 bits per heavy atom. The summed E-state index contributed by atoms with van der Waals surface area (Å²) in [5.74, 6) is -0.451. The van der Waals surface area contributed by atoms with Crippen LogP contribution in [0.15, 0.2) is 52.5 Å². The fourth-order valence-electron chi connectivity index (χ4n) is 2.30. The number of anilines is 2. The summed E-state index contributed by atoms with van der Waals surface area (Å²) in [6.45, 7) is 7.89. The highest BCUT2D eigenvalue weighted by Crippen LogP contribution is 2.24. The molecular formula is C19H23N5O3S. The van der Waals surface area contributed by atoms with Crippen molar-refractivity contribution in [1.82, 2.24) is 9.73 Å². The van der Waals surface area contributed by atoms with Crippen LogP contribution >= 0.6 is 11.9 Å². The van der Waals surface area contributed by atoms with E-state index in [9.17, 15) is 14.7 Å². The summed E-state index contributed by atoms with van der Waals surface area (Å²) >= 11 is 1.50. The van der Waals surface area contributed by atoms with Gasteiger partial charge in [0.15, 0.2) is 0 Å². The number of phenolic OH excluding ortho intramolecular Hbond substituents is 1. The number of aromatic hydroxyl groups is 1. The van der Waals surface area contributed by atoms with Gasteiger partial charge in [-0.05, 0) is 61.3 Å². The third kappa shape index (κ3) is 6.29.